The molecule has 0 aromatic carbocycles. The Morgan fingerprint density at radius 3 is 2.72 bits per heavy atom. The number of aromatic nitrogens is 2. The maximum absolute atomic E-state index is 12.7. The molecule has 0 saturated carbocycles. The van der Waals surface area contributed by atoms with E-state index in [1.807, 2.05) is 6.92 Å². The highest BCUT2D eigenvalue weighted by Gasteiger charge is 2.43. The summed E-state index contributed by atoms with van der Waals surface area (Å²) in [7, 11) is 0. The van der Waals surface area contributed by atoms with Crippen molar-refractivity contribution in [2.24, 2.45) is 11.7 Å². The number of halogens is 3. The summed E-state index contributed by atoms with van der Waals surface area (Å²) in [5, 5.41) is 4.00. The van der Waals surface area contributed by atoms with Crippen LogP contribution in [-0.4, -0.2) is 21.9 Å². The van der Waals surface area contributed by atoms with E-state index in [1.165, 1.54) is 0 Å². The van der Waals surface area contributed by atoms with Gasteiger partial charge in [0, 0.05) is 17.8 Å². The number of hydrogen-bond acceptors (Lipinski definition) is 2. The molecule has 0 spiro atoms. The van der Waals surface area contributed by atoms with Gasteiger partial charge in [-0.2, -0.15) is 18.3 Å². The predicted octanol–water partition coefficient (Wildman–Crippen LogP) is 1.67. The molecule has 7 heteroatoms. The topological polar surface area (TPSA) is 60.9 Å². The molecule has 0 aliphatic heterocycles. The number of hydrogen-bond donors (Lipinski definition) is 1. The molecule has 1 aliphatic rings. The van der Waals surface area contributed by atoms with E-state index in [2.05, 4.69) is 5.10 Å². The molecule has 1 aliphatic carbocycles. The molecule has 0 saturated heterocycles. The molecule has 100 valence electrons. The van der Waals surface area contributed by atoms with Gasteiger partial charge in [-0.05, 0) is 26.2 Å². The SMILES string of the molecule is CCn1nc(C(N)=O)c2c1CCC(C(F)(F)F)C2. The quantitative estimate of drug-likeness (QED) is 0.880. The van der Waals surface area contributed by atoms with E-state index in [4.69, 9.17) is 5.73 Å². The number of nitrogens with two attached hydrogens (primary N) is 1. The molecule has 18 heavy (non-hydrogen) atoms. The summed E-state index contributed by atoms with van der Waals surface area (Å²) in [6, 6.07) is 0. The largest absolute Gasteiger partial charge is 0.392 e. The Morgan fingerprint density at radius 1 is 1.56 bits per heavy atom. The number of carbonyl (C=O) groups excluding carboxylic acids is 1. The Kier molecular flexibility index (Phi) is 3.08. The maximum atomic E-state index is 12.7. The first-order valence-corrected chi connectivity index (χ1v) is 5.79. The standard InChI is InChI=1S/C11H14F3N3O/c1-2-17-8-4-3-6(11(12,13)14)5-7(8)9(16-17)10(15)18/h6H,2-5H2,1H3,(H2,15,18). The van der Waals surface area contributed by atoms with Crippen LogP contribution in [0.25, 0.3) is 0 Å². The maximum Gasteiger partial charge on any atom is 0.392 e. The second kappa shape index (κ2) is 4.29. The van der Waals surface area contributed by atoms with Crippen molar-refractivity contribution in [3.63, 3.8) is 0 Å². The zero-order valence-electron chi connectivity index (χ0n) is 9.92. The zero-order chi connectivity index (χ0) is 13.5. The van der Waals surface area contributed by atoms with Gasteiger partial charge in [0.25, 0.3) is 5.91 Å². The summed E-state index contributed by atoms with van der Waals surface area (Å²) in [5.74, 6) is -2.17. The molecular weight excluding hydrogens is 247 g/mol. The molecule has 1 atom stereocenters. The van der Waals surface area contributed by atoms with Crippen molar-refractivity contribution >= 4 is 5.91 Å². The first kappa shape index (κ1) is 12.9. The van der Waals surface area contributed by atoms with Gasteiger partial charge < -0.3 is 5.73 Å². The number of alkyl halides is 3. The van der Waals surface area contributed by atoms with Gasteiger partial charge in [0.15, 0.2) is 5.69 Å². The van der Waals surface area contributed by atoms with Gasteiger partial charge >= 0.3 is 6.18 Å². The second-order valence-corrected chi connectivity index (χ2v) is 4.44. The molecule has 1 aromatic heterocycles. The summed E-state index contributed by atoms with van der Waals surface area (Å²) in [6.45, 7) is 2.35. The highest BCUT2D eigenvalue weighted by molar-refractivity contribution is 5.92. The number of amides is 1. The number of aryl methyl sites for hydroxylation is 1. The van der Waals surface area contributed by atoms with Gasteiger partial charge in [0.05, 0.1) is 5.92 Å². The normalized spacial score (nSPS) is 19.7. The van der Waals surface area contributed by atoms with Crippen LogP contribution in [-0.2, 0) is 19.4 Å². The molecular formula is C11H14F3N3O. The van der Waals surface area contributed by atoms with Crippen LogP contribution in [0.4, 0.5) is 13.2 Å². The number of fused-ring (bicyclic) bond motifs is 1. The van der Waals surface area contributed by atoms with Crippen molar-refractivity contribution in [2.75, 3.05) is 0 Å². The summed E-state index contributed by atoms with van der Waals surface area (Å²) in [6.07, 6.45) is -4.11. The molecule has 0 fully saturated rings. The summed E-state index contributed by atoms with van der Waals surface area (Å²) in [5.41, 5.74) is 6.24. The minimum absolute atomic E-state index is 0.0131. The summed E-state index contributed by atoms with van der Waals surface area (Å²) >= 11 is 0. The lowest BCUT2D eigenvalue weighted by atomic mass is 9.85. The van der Waals surface area contributed by atoms with Gasteiger partial charge in [0.2, 0.25) is 0 Å². The van der Waals surface area contributed by atoms with Gasteiger partial charge in [-0.1, -0.05) is 0 Å². The number of carbonyl (C=O) groups is 1. The van der Waals surface area contributed by atoms with Gasteiger partial charge in [-0.25, -0.2) is 0 Å². The summed E-state index contributed by atoms with van der Waals surface area (Å²) < 4.78 is 39.7. The van der Waals surface area contributed by atoms with Crippen molar-refractivity contribution in [1.29, 1.82) is 0 Å². The molecule has 1 amide bonds. The third-order valence-corrected chi connectivity index (χ3v) is 3.34. The van der Waals surface area contributed by atoms with Crippen LogP contribution in [0.3, 0.4) is 0 Å². The van der Waals surface area contributed by atoms with Gasteiger partial charge in [-0.15, -0.1) is 0 Å². The molecule has 0 bridgehead atoms. The third-order valence-electron chi connectivity index (χ3n) is 3.34. The van der Waals surface area contributed by atoms with Crippen LogP contribution in [0.1, 0.15) is 35.1 Å². The van der Waals surface area contributed by atoms with Crippen LogP contribution in [0.15, 0.2) is 0 Å². The Labute approximate surface area is 102 Å². The molecule has 1 unspecified atom stereocenters. The minimum Gasteiger partial charge on any atom is -0.364 e. The third kappa shape index (κ3) is 2.09. The lowest BCUT2D eigenvalue weighted by molar-refractivity contribution is -0.177. The first-order valence-electron chi connectivity index (χ1n) is 5.79. The van der Waals surface area contributed by atoms with Gasteiger partial charge in [-0.3, -0.25) is 9.48 Å². The average Bonchev–Trinajstić information content (AvgIpc) is 2.65. The Bertz CT molecular complexity index is 479. The van der Waals surface area contributed by atoms with Gasteiger partial charge in [0.1, 0.15) is 0 Å². The fraction of sp³-hybridized carbons (Fsp3) is 0.636. The van der Waals surface area contributed by atoms with Crippen LogP contribution in [0.5, 0.6) is 0 Å². The smallest absolute Gasteiger partial charge is 0.364 e. The fourth-order valence-corrected chi connectivity index (χ4v) is 2.43. The first-order chi connectivity index (χ1) is 8.34. The van der Waals surface area contributed by atoms with E-state index >= 15 is 0 Å². The van der Waals surface area contributed by atoms with E-state index < -0.39 is 18.0 Å². The summed E-state index contributed by atoms with van der Waals surface area (Å²) in [4.78, 5) is 11.2. The second-order valence-electron chi connectivity index (χ2n) is 4.44. The van der Waals surface area contributed by atoms with E-state index in [0.717, 1.165) is 0 Å². The van der Waals surface area contributed by atoms with E-state index in [0.29, 0.717) is 17.8 Å². The van der Waals surface area contributed by atoms with Crippen molar-refractivity contribution in [2.45, 2.75) is 38.9 Å². The number of nitrogens with zero attached hydrogens (tertiary/aromatic N) is 2. The molecule has 1 aromatic rings. The Morgan fingerprint density at radius 2 is 2.22 bits per heavy atom. The number of primary amides is 1. The van der Waals surface area contributed by atoms with Crippen LogP contribution in [0, 0.1) is 5.92 Å². The highest BCUT2D eigenvalue weighted by Crippen LogP contribution is 2.38. The number of rotatable bonds is 2. The Hall–Kier alpha value is -1.53. The average molecular weight is 261 g/mol. The van der Waals surface area contributed by atoms with Crippen molar-refractivity contribution in [3.8, 4) is 0 Å². The lowest BCUT2D eigenvalue weighted by Gasteiger charge is -2.25. The zero-order valence-corrected chi connectivity index (χ0v) is 9.92. The van der Waals surface area contributed by atoms with E-state index in [-0.39, 0.29) is 25.0 Å². The Balaban J connectivity index is 2.41. The van der Waals surface area contributed by atoms with E-state index in [9.17, 15) is 18.0 Å². The monoisotopic (exact) mass is 261 g/mol. The highest BCUT2D eigenvalue weighted by atomic mass is 19.4. The van der Waals surface area contributed by atoms with Crippen LogP contribution < -0.4 is 5.73 Å². The molecule has 0 radical (unpaired) electrons. The van der Waals surface area contributed by atoms with Crippen molar-refractivity contribution in [1.82, 2.24) is 9.78 Å². The molecule has 4 nitrogen and oxygen atoms in total. The minimum atomic E-state index is -4.24. The lowest BCUT2D eigenvalue weighted by Crippen LogP contribution is -2.30. The molecule has 1 heterocycles. The molecule has 2 rings (SSSR count). The fourth-order valence-electron chi connectivity index (χ4n) is 2.43. The van der Waals surface area contributed by atoms with Crippen LogP contribution in [0.2, 0.25) is 0 Å². The van der Waals surface area contributed by atoms with Crippen molar-refractivity contribution < 1.29 is 18.0 Å². The van der Waals surface area contributed by atoms with E-state index in [1.54, 1.807) is 4.68 Å². The van der Waals surface area contributed by atoms with Crippen LogP contribution >= 0.6 is 0 Å². The predicted molar refractivity (Wildman–Crippen MR) is 58.0 cm³/mol. The molecule has 2 N–H and O–H groups in total. The van der Waals surface area contributed by atoms with Crippen molar-refractivity contribution in [3.05, 3.63) is 17.0 Å².